The van der Waals surface area contributed by atoms with Crippen LogP contribution >= 0.6 is 0 Å². The van der Waals surface area contributed by atoms with E-state index in [-0.39, 0.29) is 5.91 Å². The van der Waals surface area contributed by atoms with Crippen molar-refractivity contribution in [2.45, 2.75) is 39.2 Å². The van der Waals surface area contributed by atoms with Crippen LogP contribution in [0.3, 0.4) is 0 Å². The first-order chi connectivity index (χ1) is 10.5. The maximum atomic E-state index is 12.9. The minimum Gasteiger partial charge on any atom is -0.379 e. The van der Waals surface area contributed by atoms with Crippen molar-refractivity contribution < 1.29 is 9.63 Å². The Balaban J connectivity index is 1.71. The number of benzene rings is 1. The monoisotopic (exact) mass is 300 g/mol. The minimum absolute atomic E-state index is 0.0700. The molecule has 0 N–H and O–H groups in total. The van der Waals surface area contributed by atoms with Crippen molar-refractivity contribution in [3.05, 3.63) is 35.9 Å². The highest BCUT2D eigenvalue weighted by atomic mass is 16.7. The maximum Gasteiger partial charge on any atom is 0.269 e. The first-order valence-electron chi connectivity index (χ1n) is 8.08. The van der Waals surface area contributed by atoms with Gasteiger partial charge in [0.05, 0.1) is 5.71 Å². The van der Waals surface area contributed by atoms with Gasteiger partial charge >= 0.3 is 0 Å². The van der Waals surface area contributed by atoms with E-state index in [0.717, 1.165) is 24.4 Å². The summed E-state index contributed by atoms with van der Waals surface area (Å²) in [4.78, 5) is 20.5. The Hall–Kier alpha value is -1.84. The fourth-order valence-corrected chi connectivity index (χ4v) is 3.60. The second-order valence-corrected chi connectivity index (χ2v) is 7.06. The van der Waals surface area contributed by atoms with E-state index in [0.29, 0.717) is 18.3 Å². The molecule has 0 spiro atoms. The Morgan fingerprint density at radius 1 is 1.23 bits per heavy atom. The molecule has 1 saturated heterocycles. The largest absolute Gasteiger partial charge is 0.379 e. The summed E-state index contributed by atoms with van der Waals surface area (Å²) < 4.78 is 0. The molecule has 0 bridgehead atoms. The predicted octanol–water partition coefficient (Wildman–Crippen LogP) is 3.07. The summed E-state index contributed by atoms with van der Waals surface area (Å²) in [6, 6.07) is 9.93. The van der Waals surface area contributed by atoms with E-state index in [1.807, 2.05) is 42.2 Å². The van der Waals surface area contributed by atoms with Crippen LogP contribution in [-0.4, -0.2) is 35.2 Å². The van der Waals surface area contributed by atoms with Crippen molar-refractivity contribution in [1.29, 1.82) is 0 Å². The van der Waals surface area contributed by atoms with Gasteiger partial charge in [-0.1, -0.05) is 49.3 Å². The Labute approximate surface area is 132 Å². The van der Waals surface area contributed by atoms with Crippen molar-refractivity contribution in [3.63, 3.8) is 0 Å². The molecule has 1 fully saturated rings. The van der Waals surface area contributed by atoms with Crippen LogP contribution < -0.4 is 0 Å². The number of hydrogen-bond donors (Lipinski definition) is 0. The van der Waals surface area contributed by atoms with Crippen LogP contribution in [0.5, 0.6) is 0 Å². The SMILES string of the molecule is C[C@@H]1C[C@@H](C)CN(C(=O)[C@]2(C)CC(c3ccccc3)=NO2)C1. The van der Waals surface area contributed by atoms with Gasteiger partial charge in [0.1, 0.15) is 0 Å². The van der Waals surface area contributed by atoms with Crippen LogP contribution in [0.25, 0.3) is 0 Å². The molecular weight excluding hydrogens is 276 g/mol. The first kappa shape index (κ1) is 15.1. The number of nitrogens with zero attached hydrogens (tertiary/aromatic N) is 2. The van der Waals surface area contributed by atoms with E-state index in [2.05, 4.69) is 19.0 Å². The highest BCUT2D eigenvalue weighted by Gasteiger charge is 2.45. The molecule has 3 atom stereocenters. The molecule has 1 amide bonds. The van der Waals surface area contributed by atoms with Gasteiger partial charge in [-0.15, -0.1) is 0 Å². The average Bonchev–Trinajstić information content (AvgIpc) is 2.90. The summed E-state index contributed by atoms with van der Waals surface area (Å²) in [5, 5.41) is 4.18. The summed E-state index contributed by atoms with van der Waals surface area (Å²) in [6.45, 7) is 7.92. The quantitative estimate of drug-likeness (QED) is 0.842. The van der Waals surface area contributed by atoms with Crippen molar-refractivity contribution >= 4 is 11.6 Å². The van der Waals surface area contributed by atoms with E-state index in [1.165, 1.54) is 6.42 Å². The van der Waals surface area contributed by atoms with Crippen molar-refractivity contribution in [1.82, 2.24) is 4.90 Å². The molecule has 1 aromatic rings. The normalized spacial score (nSPS) is 31.6. The molecule has 118 valence electrons. The Morgan fingerprint density at radius 3 is 2.50 bits per heavy atom. The van der Waals surface area contributed by atoms with Gasteiger partial charge in [-0.05, 0) is 30.7 Å². The Morgan fingerprint density at radius 2 is 1.86 bits per heavy atom. The van der Waals surface area contributed by atoms with E-state index in [9.17, 15) is 4.79 Å². The number of piperidine rings is 1. The molecule has 0 aliphatic carbocycles. The first-order valence-corrected chi connectivity index (χ1v) is 8.08. The topological polar surface area (TPSA) is 41.9 Å². The lowest BCUT2D eigenvalue weighted by Gasteiger charge is -2.38. The number of hydrogen-bond acceptors (Lipinski definition) is 3. The molecule has 0 aromatic heterocycles. The van der Waals surface area contributed by atoms with Crippen LogP contribution in [0, 0.1) is 11.8 Å². The van der Waals surface area contributed by atoms with Gasteiger partial charge in [0.2, 0.25) is 5.60 Å². The lowest BCUT2D eigenvalue weighted by atomic mass is 9.89. The molecule has 2 heterocycles. The number of likely N-dealkylation sites (tertiary alicyclic amines) is 1. The van der Waals surface area contributed by atoms with Crippen molar-refractivity contribution in [2.75, 3.05) is 13.1 Å². The Bertz CT molecular complexity index is 574. The molecule has 0 unspecified atom stereocenters. The number of amides is 1. The second kappa shape index (κ2) is 5.75. The van der Waals surface area contributed by atoms with Gasteiger partial charge < -0.3 is 9.74 Å². The third kappa shape index (κ3) is 2.87. The molecule has 4 heteroatoms. The van der Waals surface area contributed by atoms with Crippen LogP contribution in [0.1, 0.15) is 39.2 Å². The predicted molar refractivity (Wildman–Crippen MR) is 86.6 cm³/mol. The number of carbonyl (C=O) groups is 1. The minimum atomic E-state index is -0.859. The van der Waals surface area contributed by atoms with Crippen LogP contribution in [0.4, 0.5) is 0 Å². The summed E-state index contributed by atoms with van der Waals surface area (Å²) in [6.07, 6.45) is 1.72. The Kier molecular flexibility index (Phi) is 3.94. The van der Waals surface area contributed by atoms with Gasteiger partial charge in [0.15, 0.2) is 0 Å². The van der Waals surface area contributed by atoms with Crippen molar-refractivity contribution in [3.8, 4) is 0 Å². The van der Waals surface area contributed by atoms with E-state index >= 15 is 0 Å². The van der Waals surface area contributed by atoms with Gasteiger partial charge in [0, 0.05) is 19.5 Å². The maximum absolute atomic E-state index is 12.9. The third-order valence-electron chi connectivity index (χ3n) is 4.58. The fraction of sp³-hybridized carbons (Fsp3) is 0.556. The zero-order chi connectivity index (χ0) is 15.7. The summed E-state index contributed by atoms with van der Waals surface area (Å²) in [5.74, 6) is 1.17. The smallest absolute Gasteiger partial charge is 0.269 e. The van der Waals surface area contributed by atoms with E-state index in [1.54, 1.807) is 0 Å². The van der Waals surface area contributed by atoms with Crippen molar-refractivity contribution in [2.24, 2.45) is 17.0 Å². The molecule has 4 nitrogen and oxygen atoms in total. The summed E-state index contributed by atoms with van der Waals surface area (Å²) >= 11 is 0. The lowest BCUT2D eigenvalue weighted by Crippen LogP contribution is -2.52. The summed E-state index contributed by atoms with van der Waals surface area (Å²) in [5.41, 5.74) is 1.02. The average molecular weight is 300 g/mol. The molecule has 3 rings (SSSR count). The third-order valence-corrected chi connectivity index (χ3v) is 4.58. The molecule has 22 heavy (non-hydrogen) atoms. The van der Waals surface area contributed by atoms with E-state index in [4.69, 9.17) is 4.84 Å². The van der Waals surface area contributed by atoms with Gasteiger partial charge in [-0.3, -0.25) is 4.79 Å². The second-order valence-electron chi connectivity index (χ2n) is 7.06. The van der Waals surface area contributed by atoms with Gasteiger partial charge in [-0.2, -0.15) is 0 Å². The van der Waals surface area contributed by atoms with E-state index < -0.39 is 5.60 Å². The fourth-order valence-electron chi connectivity index (χ4n) is 3.60. The molecule has 0 saturated carbocycles. The molecule has 1 aromatic carbocycles. The molecule has 2 aliphatic rings. The van der Waals surface area contributed by atoms with Gasteiger partial charge in [-0.25, -0.2) is 0 Å². The highest BCUT2D eigenvalue weighted by molar-refractivity contribution is 6.05. The van der Waals surface area contributed by atoms with Crippen LogP contribution in [-0.2, 0) is 9.63 Å². The molecular formula is C18H24N2O2. The highest BCUT2D eigenvalue weighted by Crippen LogP contribution is 2.31. The summed E-state index contributed by atoms with van der Waals surface area (Å²) in [7, 11) is 0. The zero-order valence-corrected chi connectivity index (χ0v) is 13.6. The number of rotatable bonds is 2. The standard InChI is InChI=1S/C18H24N2O2/c1-13-9-14(2)12-20(11-13)17(21)18(3)10-16(19-22-18)15-7-5-4-6-8-15/h4-8,13-14H,9-12H2,1-3H3/t13-,14-,18+/m1/s1. The lowest BCUT2D eigenvalue weighted by molar-refractivity contribution is -0.156. The number of oxime groups is 1. The van der Waals surface area contributed by atoms with Crippen LogP contribution in [0.15, 0.2) is 35.5 Å². The van der Waals surface area contributed by atoms with Gasteiger partial charge in [0.25, 0.3) is 5.91 Å². The number of carbonyl (C=O) groups excluding carboxylic acids is 1. The molecule has 0 radical (unpaired) electrons. The zero-order valence-electron chi connectivity index (χ0n) is 13.6. The van der Waals surface area contributed by atoms with Crippen LogP contribution in [0.2, 0.25) is 0 Å². The molecule has 2 aliphatic heterocycles.